The standard InChI is InChI=1S/C11H18N2OS/c1-9-4-5-11(10(8-12)13-9)14-6-3-7-15-2/h4-5H,3,6-8,12H2,1-2H3. The Bertz CT molecular complexity index is 305. The summed E-state index contributed by atoms with van der Waals surface area (Å²) in [5.41, 5.74) is 7.43. The number of aromatic nitrogens is 1. The Morgan fingerprint density at radius 1 is 1.47 bits per heavy atom. The lowest BCUT2D eigenvalue weighted by Crippen LogP contribution is -2.07. The van der Waals surface area contributed by atoms with Gasteiger partial charge in [-0.2, -0.15) is 11.8 Å². The smallest absolute Gasteiger partial charge is 0.142 e. The summed E-state index contributed by atoms with van der Waals surface area (Å²) in [5.74, 6) is 1.95. The number of nitrogens with zero attached hydrogens (tertiary/aromatic N) is 1. The van der Waals surface area contributed by atoms with Gasteiger partial charge in [-0.15, -0.1) is 0 Å². The monoisotopic (exact) mass is 226 g/mol. The molecule has 0 bridgehead atoms. The van der Waals surface area contributed by atoms with Gasteiger partial charge in [-0.25, -0.2) is 0 Å². The maximum Gasteiger partial charge on any atom is 0.142 e. The molecule has 4 heteroatoms. The Labute approximate surface area is 95.4 Å². The zero-order valence-electron chi connectivity index (χ0n) is 9.32. The van der Waals surface area contributed by atoms with Crippen LogP contribution < -0.4 is 10.5 Å². The predicted molar refractivity (Wildman–Crippen MR) is 65.4 cm³/mol. The molecule has 0 aliphatic heterocycles. The normalized spacial score (nSPS) is 10.3. The molecule has 1 aromatic rings. The number of aryl methyl sites for hydroxylation is 1. The predicted octanol–water partition coefficient (Wildman–Crippen LogP) is 1.98. The highest BCUT2D eigenvalue weighted by molar-refractivity contribution is 7.98. The number of nitrogens with two attached hydrogens (primary N) is 1. The van der Waals surface area contributed by atoms with Crippen LogP contribution in [0, 0.1) is 6.92 Å². The zero-order chi connectivity index (χ0) is 11.1. The minimum Gasteiger partial charge on any atom is -0.492 e. The van der Waals surface area contributed by atoms with Crippen LogP contribution in [-0.4, -0.2) is 23.6 Å². The molecule has 2 N–H and O–H groups in total. The summed E-state index contributed by atoms with van der Waals surface area (Å²) in [5, 5.41) is 0. The zero-order valence-corrected chi connectivity index (χ0v) is 10.1. The third-order valence-corrected chi connectivity index (χ3v) is 2.71. The second-order valence-electron chi connectivity index (χ2n) is 3.30. The van der Waals surface area contributed by atoms with Gasteiger partial charge in [-0.1, -0.05) is 0 Å². The Morgan fingerprint density at radius 2 is 2.27 bits per heavy atom. The van der Waals surface area contributed by atoms with Crippen molar-refractivity contribution in [3.8, 4) is 5.75 Å². The summed E-state index contributed by atoms with van der Waals surface area (Å²) in [7, 11) is 0. The van der Waals surface area contributed by atoms with E-state index in [1.54, 1.807) is 0 Å². The SMILES string of the molecule is CSCCCOc1ccc(C)nc1CN. The van der Waals surface area contributed by atoms with E-state index in [1.807, 2.05) is 30.8 Å². The number of rotatable bonds is 6. The lowest BCUT2D eigenvalue weighted by molar-refractivity contribution is 0.313. The van der Waals surface area contributed by atoms with Crippen LogP contribution in [0.5, 0.6) is 5.75 Å². The largest absolute Gasteiger partial charge is 0.492 e. The third-order valence-electron chi connectivity index (χ3n) is 2.02. The molecule has 0 unspecified atom stereocenters. The van der Waals surface area contributed by atoms with Crippen LogP contribution in [0.1, 0.15) is 17.8 Å². The van der Waals surface area contributed by atoms with Crippen molar-refractivity contribution < 1.29 is 4.74 Å². The van der Waals surface area contributed by atoms with Gasteiger partial charge in [0.2, 0.25) is 0 Å². The minimum atomic E-state index is 0.430. The number of hydrogen-bond donors (Lipinski definition) is 1. The quantitative estimate of drug-likeness (QED) is 0.754. The molecule has 3 nitrogen and oxygen atoms in total. The Kier molecular flexibility index (Phi) is 5.50. The fraction of sp³-hybridized carbons (Fsp3) is 0.545. The first kappa shape index (κ1) is 12.3. The van der Waals surface area contributed by atoms with Crippen molar-refractivity contribution in [1.82, 2.24) is 4.98 Å². The van der Waals surface area contributed by atoms with Crippen LogP contribution in [-0.2, 0) is 6.54 Å². The van der Waals surface area contributed by atoms with Gasteiger partial charge in [-0.3, -0.25) is 4.98 Å². The summed E-state index contributed by atoms with van der Waals surface area (Å²) >= 11 is 1.83. The average molecular weight is 226 g/mol. The second-order valence-corrected chi connectivity index (χ2v) is 4.28. The first-order chi connectivity index (χ1) is 7.27. The van der Waals surface area contributed by atoms with Gasteiger partial charge in [0.15, 0.2) is 0 Å². The molecule has 0 aliphatic rings. The molecular weight excluding hydrogens is 208 g/mol. The molecule has 0 saturated carbocycles. The molecule has 1 heterocycles. The second kappa shape index (κ2) is 6.69. The Morgan fingerprint density at radius 3 is 2.93 bits per heavy atom. The molecule has 0 fully saturated rings. The summed E-state index contributed by atoms with van der Waals surface area (Å²) in [6.07, 6.45) is 3.15. The molecule has 0 aromatic carbocycles. The molecule has 0 radical (unpaired) electrons. The van der Waals surface area contributed by atoms with E-state index in [0.717, 1.165) is 35.9 Å². The summed E-state index contributed by atoms with van der Waals surface area (Å²) < 4.78 is 5.63. The van der Waals surface area contributed by atoms with Gasteiger partial charge in [-0.05, 0) is 37.5 Å². The molecule has 0 atom stereocenters. The van der Waals surface area contributed by atoms with Gasteiger partial charge in [0.25, 0.3) is 0 Å². The molecule has 0 saturated heterocycles. The Hall–Kier alpha value is -0.740. The van der Waals surface area contributed by atoms with Gasteiger partial charge >= 0.3 is 0 Å². The maximum absolute atomic E-state index is 5.63. The molecule has 0 aliphatic carbocycles. The van der Waals surface area contributed by atoms with E-state index in [2.05, 4.69) is 11.2 Å². The first-order valence-corrected chi connectivity index (χ1v) is 6.45. The highest BCUT2D eigenvalue weighted by Crippen LogP contribution is 2.16. The van der Waals surface area contributed by atoms with Crippen LogP contribution in [0.4, 0.5) is 0 Å². The van der Waals surface area contributed by atoms with Crippen LogP contribution in [0.25, 0.3) is 0 Å². The van der Waals surface area contributed by atoms with Crippen LogP contribution >= 0.6 is 11.8 Å². The van der Waals surface area contributed by atoms with Crippen LogP contribution in [0.2, 0.25) is 0 Å². The fourth-order valence-corrected chi connectivity index (χ4v) is 1.67. The van der Waals surface area contributed by atoms with E-state index in [9.17, 15) is 0 Å². The lowest BCUT2D eigenvalue weighted by atomic mass is 10.3. The molecule has 1 rings (SSSR count). The number of hydrogen-bond acceptors (Lipinski definition) is 4. The van der Waals surface area contributed by atoms with Crippen molar-refractivity contribution in [3.05, 3.63) is 23.5 Å². The topological polar surface area (TPSA) is 48.1 Å². The molecule has 84 valence electrons. The van der Waals surface area contributed by atoms with Crippen molar-refractivity contribution in [1.29, 1.82) is 0 Å². The van der Waals surface area contributed by atoms with E-state index in [4.69, 9.17) is 10.5 Å². The number of thioether (sulfide) groups is 1. The molecule has 1 aromatic heterocycles. The molecule has 0 amide bonds. The molecule has 0 spiro atoms. The lowest BCUT2D eigenvalue weighted by Gasteiger charge is -2.09. The van der Waals surface area contributed by atoms with E-state index >= 15 is 0 Å². The Balaban J connectivity index is 2.52. The maximum atomic E-state index is 5.63. The average Bonchev–Trinajstić information content (AvgIpc) is 2.26. The van der Waals surface area contributed by atoms with Gasteiger partial charge in [0, 0.05) is 12.2 Å². The van der Waals surface area contributed by atoms with E-state index in [1.165, 1.54) is 0 Å². The molecular formula is C11H18N2OS. The van der Waals surface area contributed by atoms with Crippen LogP contribution in [0.15, 0.2) is 12.1 Å². The third kappa shape index (κ3) is 4.10. The first-order valence-electron chi connectivity index (χ1n) is 5.06. The van der Waals surface area contributed by atoms with Crippen molar-refractivity contribution in [2.24, 2.45) is 5.73 Å². The fourth-order valence-electron chi connectivity index (χ4n) is 1.26. The van der Waals surface area contributed by atoms with Crippen molar-refractivity contribution in [3.63, 3.8) is 0 Å². The summed E-state index contributed by atoms with van der Waals surface area (Å²) in [6.45, 7) is 3.12. The van der Waals surface area contributed by atoms with Crippen LogP contribution in [0.3, 0.4) is 0 Å². The number of ether oxygens (including phenoxy) is 1. The van der Waals surface area contributed by atoms with Gasteiger partial charge in [0.1, 0.15) is 5.75 Å². The van der Waals surface area contributed by atoms with Gasteiger partial charge in [0.05, 0.1) is 12.3 Å². The van der Waals surface area contributed by atoms with E-state index in [0.29, 0.717) is 6.54 Å². The highest BCUT2D eigenvalue weighted by Gasteiger charge is 2.03. The van der Waals surface area contributed by atoms with E-state index in [-0.39, 0.29) is 0 Å². The van der Waals surface area contributed by atoms with Gasteiger partial charge < -0.3 is 10.5 Å². The van der Waals surface area contributed by atoms with Crippen molar-refractivity contribution in [2.45, 2.75) is 19.9 Å². The van der Waals surface area contributed by atoms with E-state index < -0.39 is 0 Å². The highest BCUT2D eigenvalue weighted by atomic mass is 32.2. The van der Waals surface area contributed by atoms with Crippen molar-refractivity contribution >= 4 is 11.8 Å². The summed E-state index contributed by atoms with van der Waals surface area (Å²) in [6, 6.07) is 3.90. The molecule has 15 heavy (non-hydrogen) atoms. The minimum absolute atomic E-state index is 0.430. The van der Waals surface area contributed by atoms with Crippen molar-refractivity contribution in [2.75, 3.05) is 18.6 Å². The number of pyridine rings is 1. The summed E-state index contributed by atoms with van der Waals surface area (Å²) in [4.78, 5) is 4.34.